The lowest BCUT2D eigenvalue weighted by Gasteiger charge is -2.13. The third-order valence-corrected chi connectivity index (χ3v) is 3.03. The Morgan fingerprint density at radius 1 is 1.38 bits per heavy atom. The zero-order valence-corrected chi connectivity index (χ0v) is 9.25. The summed E-state index contributed by atoms with van der Waals surface area (Å²) in [7, 11) is 2.76. The van der Waals surface area contributed by atoms with Crippen LogP contribution in [0, 0.1) is 5.82 Å². The number of rotatable bonds is 3. The molecule has 0 bridgehead atoms. The molecule has 0 aliphatic heterocycles. The molecule has 1 aromatic rings. The van der Waals surface area contributed by atoms with Crippen LogP contribution in [0.2, 0.25) is 0 Å². The monoisotopic (exact) mass is 224 g/mol. The summed E-state index contributed by atoms with van der Waals surface area (Å²) >= 11 is 0. The topological polar surface area (TPSA) is 35.5 Å². The Hall–Kier alpha value is -1.58. The van der Waals surface area contributed by atoms with Crippen LogP contribution < -0.4 is 4.74 Å². The molecule has 1 aliphatic rings. The fourth-order valence-electron chi connectivity index (χ4n) is 1.90. The van der Waals surface area contributed by atoms with E-state index in [-0.39, 0.29) is 11.7 Å². The van der Waals surface area contributed by atoms with Gasteiger partial charge in [0.05, 0.1) is 19.6 Å². The average molecular weight is 224 g/mol. The lowest BCUT2D eigenvalue weighted by atomic mass is 9.96. The first-order chi connectivity index (χ1) is 7.64. The van der Waals surface area contributed by atoms with Crippen molar-refractivity contribution in [2.24, 2.45) is 0 Å². The molecular weight excluding hydrogens is 211 g/mol. The van der Waals surface area contributed by atoms with E-state index in [1.807, 2.05) is 0 Å². The molecule has 0 amide bonds. The number of carbonyl (C=O) groups excluding carboxylic acids is 1. The molecule has 1 aliphatic carbocycles. The highest BCUT2D eigenvalue weighted by Gasteiger charge is 2.52. The number of benzene rings is 1. The van der Waals surface area contributed by atoms with E-state index in [0.717, 1.165) is 0 Å². The summed E-state index contributed by atoms with van der Waals surface area (Å²) in [5.41, 5.74) is 0.0413. The molecule has 0 saturated heterocycles. The number of esters is 1. The zero-order valence-electron chi connectivity index (χ0n) is 9.25. The van der Waals surface area contributed by atoms with Crippen LogP contribution in [0.5, 0.6) is 5.75 Å². The molecule has 1 saturated carbocycles. The normalized spacial score (nSPS) is 16.7. The number of carbonyl (C=O) groups is 1. The summed E-state index contributed by atoms with van der Waals surface area (Å²) in [5, 5.41) is 0. The number of methoxy groups -OCH3 is 2. The van der Waals surface area contributed by atoms with Gasteiger partial charge in [0.15, 0.2) is 11.6 Å². The van der Waals surface area contributed by atoms with E-state index in [1.54, 1.807) is 6.07 Å². The highest BCUT2D eigenvalue weighted by atomic mass is 19.1. The third-order valence-electron chi connectivity index (χ3n) is 3.03. The van der Waals surface area contributed by atoms with Gasteiger partial charge in [-0.3, -0.25) is 4.79 Å². The second-order valence-corrected chi connectivity index (χ2v) is 3.92. The predicted octanol–water partition coefficient (Wildman–Crippen LogP) is 2.04. The summed E-state index contributed by atoms with van der Waals surface area (Å²) in [6.45, 7) is 0. The molecule has 16 heavy (non-hydrogen) atoms. The van der Waals surface area contributed by atoms with E-state index in [9.17, 15) is 9.18 Å². The molecule has 1 fully saturated rings. The van der Waals surface area contributed by atoms with Gasteiger partial charge in [-0.2, -0.15) is 0 Å². The number of halogens is 1. The van der Waals surface area contributed by atoms with E-state index in [2.05, 4.69) is 0 Å². The van der Waals surface area contributed by atoms with Crippen LogP contribution in [0.1, 0.15) is 18.4 Å². The molecule has 4 heteroatoms. The lowest BCUT2D eigenvalue weighted by molar-refractivity contribution is -0.143. The average Bonchev–Trinajstić information content (AvgIpc) is 3.09. The quantitative estimate of drug-likeness (QED) is 0.737. The Labute approximate surface area is 93.2 Å². The summed E-state index contributed by atoms with van der Waals surface area (Å²) in [4.78, 5) is 11.6. The second-order valence-electron chi connectivity index (χ2n) is 3.92. The van der Waals surface area contributed by atoms with Gasteiger partial charge in [-0.25, -0.2) is 4.39 Å². The van der Waals surface area contributed by atoms with Crippen molar-refractivity contribution in [3.8, 4) is 5.75 Å². The van der Waals surface area contributed by atoms with Gasteiger partial charge in [0, 0.05) is 0 Å². The maximum Gasteiger partial charge on any atom is 0.316 e. The van der Waals surface area contributed by atoms with Gasteiger partial charge in [0.1, 0.15) is 0 Å². The van der Waals surface area contributed by atoms with Crippen molar-refractivity contribution in [3.05, 3.63) is 29.6 Å². The minimum atomic E-state index is -0.623. The van der Waals surface area contributed by atoms with E-state index >= 15 is 0 Å². The molecule has 0 unspecified atom stereocenters. The van der Waals surface area contributed by atoms with Crippen molar-refractivity contribution in [2.75, 3.05) is 14.2 Å². The van der Waals surface area contributed by atoms with Gasteiger partial charge >= 0.3 is 5.97 Å². The van der Waals surface area contributed by atoms with E-state index in [1.165, 1.54) is 26.4 Å². The highest BCUT2D eigenvalue weighted by molar-refractivity contribution is 5.86. The molecule has 0 N–H and O–H groups in total. The maximum atomic E-state index is 13.5. The van der Waals surface area contributed by atoms with Crippen LogP contribution in [0.15, 0.2) is 18.2 Å². The van der Waals surface area contributed by atoms with Crippen molar-refractivity contribution in [3.63, 3.8) is 0 Å². The van der Waals surface area contributed by atoms with Crippen LogP contribution >= 0.6 is 0 Å². The first kappa shape index (κ1) is 10.9. The number of ether oxygens (including phenoxy) is 2. The first-order valence-electron chi connectivity index (χ1n) is 5.06. The minimum Gasteiger partial charge on any atom is -0.494 e. The van der Waals surface area contributed by atoms with Crippen LogP contribution in [-0.2, 0) is 14.9 Å². The SMILES string of the molecule is COC(=O)C1(c2ccc(OC)c(F)c2)CC1. The van der Waals surface area contributed by atoms with Crippen LogP contribution in [0.4, 0.5) is 4.39 Å². The Morgan fingerprint density at radius 2 is 2.06 bits per heavy atom. The van der Waals surface area contributed by atoms with Crippen molar-refractivity contribution in [1.29, 1.82) is 0 Å². The Bertz CT molecular complexity index is 424. The first-order valence-corrected chi connectivity index (χ1v) is 5.06. The summed E-state index contributed by atoms with van der Waals surface area (Å²) in [5.74, 6) is -0.559. The van der Waals surface area contributed by atoms with Crippen LogP contribution in [0.25, 0.3) is 0 Å². The molecular formula is C12H13FO3. The van der Waals surface area contributed by atoms with Gasteiger partial charge in [-0.15, -0.1) is 0 Å². The van der Waals surface area contributed by atoms with E-state index < -0.39 is 11.2 Å². The Morgan fingerprint density at radius 3 is 2.50 bits per heavy atom. The van der Waals surface area contributed by atoms with Gasteiger partial charge in [0.25, 0.3) is 0 Å². The molecule has 0 aromatic heterocycles. The van der Waals surface area contributed by atoms with Gasteiger partial charge < -0.3 is 9.47 Å². The fraction of sp³-hybridized carbons (Fsp3) is 0.417. The molecule has 0 atom stereocenters. The van der Waals surface area contributed by atoms with Crippen LogP contribution in [-0.4, -0.2) is 20.2 Å². The maximum absolute atomic E-state index is 13.5. The zero-order chi connectivity index (χ0) is 11.8. The van der Waals surface area contributed by atoms with Crippen molar-refractivity contribution in [2.45, 2.75) is 18.3 Å². The molecule has 0 heterocycles. The smallest absolute Gasteiger partial charge is 0.316 e. The Kier molecular flexibility index (Phi) is 2.58. The summed E-state index contributed by atoms with van der Waals surface area (Å²) in [6, 6.07) is 4.60. The fourth-order valence-corrected chi connectivity index (χ4v) is 1.90. The van der Waals surface area contributed by atoms with Gasteiger partial charge in [-0.05, 0) is 30.5 Å². The van der Waals surface area contributed by atoms with E-state index in [0.29, 0.717) is 18.4 Å². The van der Waals surface area contributed by atoms with Crippen molar-refractivity contribution in [1.82, 2.24) is 0 Å². The molecule has 0 radical (unpaired) electrons. The molecule has 1 aromatic carbocycles. The van der Waals surface area contributed by atoms with Crippen molar-refractivity contribution < 1.29 is 18.7 Å². The predicted molar refractivity (Wildman–Crippen MR) is 55.9 cm³/mol. The molecule has 3 nitrogen and oxygen atoms in total. The van der Waals surface area contributed by atoms with Gasteiger partial charge in [-0.1, -0.05) is 6.07 Å². The third kappa shape index (κ3) is 1.54. The van der Waals surface area contributed by atoms with Crippen molar-refractivity contribution >= 4 is 5.97 Å². The standard InChI is InChI=1S/C12H13FO3/c1-15-10-4-3-8(7-9(10)13)12(5-6-12)11(14)16-2/h3-4,7H,5-6H2,1-2H3. The summed E-state index contributed by atoms with van der Waals surface area (Å²) in [6.07, 6.45) is 1.43. The Balaban J connectivity index is 2.35. The van der Waals surface area contributed by atoms with Gasteiger partial charge in [0.2, 0.25) is 0 Å². The largest absolute Gasteiger partial charge is 0.494 e. The minimum absolute atomic E-state index is 0.185. The molecule has 0 spiro atoms. The lowest BCUT2D eigenvalue weighted by Crippen LogP contribution is -2.21. The number of hydrogen-bond acceptors (Lipinski definition) is 3. The molecule has 86 valence electrons. The number of hydrogen-bond donors (Lipinski definition) is 0. The van der Waals surface area contributed by atoms with Crippen LogP contribution in [0.3, 0.4) is 0 Å². The molecule has 2 rings (SSSR count). The second kappa shape index (κ2) is 3.77. The van der Waals surface area contributed by atoms with E-state index in [4.69, 9.17) is 9.47 Å². The highest BCUT2D eigenvalue weighted by Crippen LogP contribution is 2.49. The summed E-state index contributed by atoms with van der Waals surface area (Å²) < 4.78 is 23.1.